The highest BCUT2D eigenvalue weighted by Crippen LogP contribution is 2.33. The zero-order valence-corrected chi connectivity index (χ0v) is 7.50. The minimum absolute atomic E-state index is 2.60. The molecule has 1 unspecified atom stereocenters. The molecule has 0 radical (unpaired) electrons. The summed E-state index contributed by atoms with van der Waals surface area (Å²) < 4.78 is 88.0. The summed E-state index contributed by atoms with van der Waals surface area (Å²) in [6.07, 6.45) is 0. The van der Waals surface area contributed by atoms with Gasteiger partial charge in [-0.3, -0.25) is 4.79 Å². The van der Waals surface area contributed by atoms with Crippen LogP contribution in [-0.2, 0) is 10.6 Å². The van der Waals surface area contributed by atoms with Crippen molar-refractivity contribution in [3.63, 3.8) is 0 Å². The normalized spacial score (nSPS) is 14.6. The van der Waals surface area contributed by atoms with E-state index in [1.54, 1.807) is 0 Å². The highest BCUT2D eigenvalue weighted by atomic mass is 19.2. The molecule has 1 rings (SSSR count). The smallest absolute Gasteiger partial charge is 0.350 e. The summed E-state index contributed by atoms with van der Waals surface area (Å²) in [5.41, 5.74) is -2.60. The lowest BCUT2D eigenvalue weighted by Gasteiger charge is -2.15. The third-order valence-corrected chi connectivity index (χ3v) is 1.80. The number of rotatable bonds is 2. The van der Waals surface area contributed by atoms with Gasteiger partial charge in [0.25, 0.3) is 0 Å². The van der Waals surface area contributed by atoms with Gasteiger partial charge in [-0.25, -0.2) is 22.0 Å². The van der Waals surface area contributed by atoms with E-state index in [4.69, 9.17) is 5.11 Å². The first-order valence-corrected chi connectivity index (χ1v) is 3.75. The van der Waals surface area contributed by atoms with Crippen LogP contribution in [0.5, 0.6) is 0 Å². The van der Waals surface area contributed by atoms with Crippen molar-refractivity contribution in [2.45, 2.75) is 5.85 Å². The van der Waals surface area contributed by atoms with Gasteiger partial charge in [0.2, 0.25) is 5.82 Å². The Bertz CT molecular complexity index is 468. The summed E-state index contributed by atoms with van der Waals surface area (Å²) in [5, 5.41) is 8.44. The second kappa shape index (κ2) is 3.99. The SMILES string of the molecule is O=C(F)C(O)(F)c1c(F)c(F)c(F)c(F)c1F. The van der Waals surface area contributed by atoms with Gasteiger partial charge < -0.3 is 5.11 Å². The Hall–Kier alpha value is -1.64. The van der Waals surface area contributed by atoms with Crippen LogP contribution in [0.15, 0.2) is 0 Å². The van der Waals surface area contributed by atoms with Crippen molar-refractivity contribution < 1.29 is 40.6 Å². The lowest BCUT2D eigenvalue weighted by molar-refractivity contribution is -0.175. The van der Waals surface area contributed by atoms with Gasteiger partial charge in [-0.2, -0.15) is 8.78 Å². The van der Waals surface area contributed by atoms with Crippen molar-refractivity contribution in [2.75, 3.05) is 0 Å². The van der Waals surface area contributed by atoms with Crippen LogP contribution < -0.4 is 0 Å². The van der Waals surface area contributed by atoms with Crippen molar-refractivity contribution >= 4 is 6.04 Å². The molecule has 0 amide bonds. The molecule has 0 heterocycles. The molecule has 0 spiro atoms. The number of carbonyl (C=O) groups excluding carboxylic acids is 1. The van der Waals surface area contributed by atoms with E-state index < -0.39 is 46.5 Å². The maximum absolute atomic E-state index is 12.9. The third kappa shape index (κ3) is 1.86. The van der Waals surface area contributed by atoms with Crippen LogP contribution in [0.1, 0.15) is 5.56 Å². The van der Waals surface area contributed by atoms with Gasteiger partial charge in [0.05, 0.1) is 0 Å². The minimum Gasteiger partial charge on any atom is -0.350 e. The number of hydrogen-bond acceptors (Lipinski definition) is 2. The first kappa shape index (κ1) is 13.4. The molecule has 2 nitrogen and oxygen atoms in total. The largest absolute Gasteiger partial charge is 0.370 e. The predicted octanol–water partition coefficient (Wildman–Crippen LogP) is 1.99. The Kier molecular flexibility index (Phi) is 3.15. The molecule has 9 heteroatoms. The van der Waals surface area contributed by atoms with Crippen molar-refractivity contribution in [1.29, 1.82) is 0 Å². The van der Waals surface area contributed by atoms with E-state index in [0.717, 1.165) is 0 Å². The van der Waals surface area contributed by atoms with Crippen LogP contribution in [-0.4, -0.2) is 11.1 Å². The van der Waals surface area contributed by atoms with E-state index in [2.05, 4.69) is 0 Å². The van der Waals surface area contributed by atoms with Crippen LogP contribution in [0.2, 0.25) is 0 Å². The molecule has 0 aliphatic heterocycles. The van der Waals surface area contributed by atoms with Crippen LogP contribution in [0.25, 0.3) is 0 Å². The molecule has 0 aliphatic carbocycles. The summed E-state index contributed by atoms with van der Waals surface area (Å²) >= 11 is 0. The molecule has 17 heavy (non-hydrogen) atoms. The molecular formula is C8HF7O2. The number of alkyl halides is 1. The average molecular weight is 262 g/mol. The van der Waals surface area contributed by atoms with Crippen LogP contribution >= 0.6 is 0 Å². The van der Waals surface area contributed by atoms with E-state index in [-0.39, 0.29) is 0 Å². The van der Waals surface area contributed by atoms with Crippen molar-refractivity contribution in [1.82, 2.24) is 0 Å². The Morgan fingerprint density at radius 2 is 1.18 bits per heavy atom. The monoisotopic (exact) mass is 262 g/mol. The highest BCUT2D eigenvalue weighted by molar-refractivity contribution is 5.78. The number of halogens is 7. The zero-order valence-electron chi connectivity index (χ0n) is 7.50. The number of carbonyl (C=O) groups is 1. The van der Waals surface area contributed by atoms with Gasteiger partial charge in [0.1, 0.15) is 5.56 Å². The molecule has 1 atom stereocenters. The van der Waals surface area contributed by atoms with Gasteiger partial charge in [0, 0.05) is 0 Å². The first-order chi connectivity index (χ1) is 7.62. The van der Waals surface area contributed by atoms with E-state index in [1.807, 2.05) is 0 Å². The van der Waals surface area contributed by atoms with Crippen LogP contribution in [0.4, 0.5) is 30.7 Å². The van der Waals surface area contributed by atoms with Gasteiger partial charge in [0.15, 0.2) is 23.3 Å². The number of aliphatic hydroxyl groups is 1. The predicted molar refractivity (Wildman–Crippen MR) is 37.4 cm³/mol. The van der Waals surface area contributed by atoms with E-state index in [0.29, 0.717) is 0 Å². The van der Waals surface area contributed by atoms with Gasteiger partial charge in [-0.05, 0) is 0 Å². The quantitative estimate of drug-likeness (QED) is 0.383. The molecule has 0 saturated carbocycles. The molecule has 0 bridgehead atoms. The molecule has 0 saturated heterocycles. The van der Waals surface area contributed by atoms with Gasteiger partial charge in [-0.15, -0.1) is 0 Å². The Morgan fingerprint density at radius 1 is 0.882 bits per heavy atom. The lowest BCUT2D eigenvalue weighted by Crippen LogP contribution is -2.31. The van der Waals surface area contributed by atoms with Gasteiger partial charge >= 0.3 is 11.9 Å². The molecule has 94 valence electrons. The van der Waals surface area contributed by atoms with Crippen molar-refractivity contribution in [3.05, 3.63) is 34.6 Å². The maximum atomic E-state index is 12.9. The fourth-order valence-electron chi connectivity index (χ4n) is 0.994. The average Bonchev–Trinajstić information content (AvgIpc) is 2.23. The topological polar surface area (TPSA) is 37.3 Å². The van der Waals surface area contributed by atoms with Crippen LogP contribution in [0.3, 0.4) is 0 Å². The van der Waals surface area contributed by atoms with E-state index >= 15 is 0 Å². The summed E-state index contributed by atoms with van der Waals surface area (Å²) in [7, 11) is 0. The minimum atomic E-state index is -4.95. The molecular weight excluding hydrogens is 261 g/mol. The second-order valence-corrected chi connectivity index (χ2v) is 2.84. The molecule has 1 aromatic rings. The molecule has 0 aliphatic rings. The first-order valence-electron chi connectivity index (χ1n) is 3.75. The zero-order chi connectivity index (χ0) is 13.5. The Morgan fingerprint density at radius 3 is 1.47 bits per heavy atom. The fraction of sp³-hybridized carbons (Fsp3) is 0.125. The molecule has 0 fully saturated rings. The lowest BCUT2D eigenvalue weighted by atomic mass is 10.1. The highest BCUT2D eigenvalue weighted by Gasteiger charge is 2.47. The van der Waals surface area contributed by atoms with E-state index in [1.165, 1.54) is 0 Å². The maximum Gasteiger partial charge on any atom is 0.370 e. The van der Waals surface area contributed by atoms with Gasteiger partial charge in [-0.1, -0.05) is 0 Å². The summed E-state index contributed by atoms with van der Waals surface area (Å²) in [6, 6.07) is -3.32. The van der Waals surface area contributed by atoms with Crippen molar-refractivity contribution in [2.24, 2.45) is 0 Å². The molecule has 1 aromatic carbocycles. The number of benzene rings is 1. The third-order valence-electron chi connectivity index (χ3n) is 1.80. The second-order valence-electron chi connectivity index (χ2n) is 2.84. The standard InChI is InChI=1S/C8HF7O2/c9-2-1(8(15,17)7(14)16)3(10)5(12)6(13)4(2)11/h17H. The van der Waals surface area contributed by atoms with E-state index in [9.17, 15) is 35.5 Å². The Labute approximate surface area is 88.3 Å². The van der Waals surface area contributed by atoms with Crippen molar-refractivity contribution in [3.8, 4) is 0 Å². The van der Waals surface area contributed by atoms with Crippen LogP contribution in [0, 0.1) is 29.1 Å². The molecule has 0 aromatic heterocycles. The summed E-state index contributed by atoms with van der Waals surface area (Å²) in [5.74, 6) is -18.5. The summed E-state index contributed by atoms with van der Waals surface area (Å²) in [6.45, 7) is 0. The number of hydrogen-bond donors (Lipinski definition) is 1. The summed E-state index contributed by atoms with van der Waals surface area (Å²) in [4.78, 5) is 9.91. The fourth-order valence-corrected chi connectivity index (χ4v) is 0.994. The molecule has 1 N–H and O–H groups in total. The Balaban J connectivity index is 3.72.